The van der Waals surface area contributed by atoms with Crippen molar-refractivity contribution in [3.63, 3.8) is 0 Å². The highest BCUT2D eigenvalue weighted by molar-refractivity contribution is 7.92. The molecule has 0 fully saturated rings. The first kappa shape index (κ1) is 34.0. The number of hydrogen-bond acceptors (Lipinski definition) is 4. The lowest BCUT2D eigenvalue weighted by Gasteiger charge is -2.35. The summed E-state index contributed by atoms with van der Waals surface area (Å²) in [4.78, 5) is 29.5. The number of anilines is 1. The molecule has 0 saturated carbocycles. The van der Waals surface area contributed by atoms with Gasteiger partial charge in [0.2, 0.25) is 11.8 Å². The van der Waals surface area contributed by atoms with Gasteiger partial charge in [-0.1, -0.05) is 89.9 Å². The Labute approximate surface area is 273 Å². The van der Waals surface area contributed by atoms with Crippen molar-refractivity contribution >= 4 is 50.7 Å². The third-order valence-corrected chi connectivity index (χ3v) is 9.40. The van der Waals surface area contributed by atoms with Gasteiger partial charge < -0.3 is 10.2 Å². The van der Waals surface area contributed by atoms with E-state index in [0.717, 1.165) is 9.87 Å². The Morgan fingerprint density at radius 1 is 0.844 bits per heavy atom. The molecule has 0 aliphatic carbocycles. The summed E-state index contributed by atoms with van der Waals surface area (Å²) in [5.41, 5.74) is 0.364. The smallest absolute Gasteiger partial charge is 0.264 e. The maximum Gasteiger partial charge on any atom is 0.264 e. The number of benzene rings is 4. The van der Waals surface area contributed by atoms with Crippen LogP contribution in [-0.4, -0.2) is 43.3 Å². The molecule has 4 rings (SSSR count). The molecular weight excluding hydrogens is 636 g/mol. The van der Waals surface area contributed by atoms with E-state index in [0.29, 0.717) is 0 Å². The van der Waals surface area contributed by atoms with Gasteiger partial charge in [-0.3, -0.25) is 13.9 Å². The number of nitrogens with one attached hydrogen (secondary N) is 1. The summed E-state index contributed by atoms with van der Waals surface area (Å²) in [7, 11) is -4.32. The molecule has 0 radical (unpaired) electrons. The van der Waals surface area contributed by atoms with Crippen molar-refractivity contribution in [3.05, 3.63) is 130 Å². The molecule has 0 saturated heterocycles. The maximum atomic E-state index is 15.0. The normalized spacial score (nSPS) is 12.3. The highest BCUT2D eigenvalue weighted by atomic mass is 35.5. The molecule has 7 nitrogen and oxygen atoms in total. The van der Waals surface area contributed by atoms with E-state index in [4.69, 9.17) is 23.2 Å². The van der Waals surface area contributed by atoms with Crippen LogP contribution in [0.1, 0.15) is 31.9 Å². The van der Waals surface area contributed by atoms with Crippen molar-refractivity contribution in [1.29, 1.82) is 0 Å². The summed E-state index contributed by atoms with van der Waals surface area (Å²) in [6, 6.07) is 25.8. The van der Waals surface area contributed by atoms with E-state index in [1.807, 2.05) is 51.1 Å². The van der Waals surface area contributed by atoms with Gasteiger partial charge >= 0.3 is 0 Å². The van der Waals surface area contributed by atoms with E-state index in [9.17, 15) is 18.0 Å². The van der Waals surface area contributed by atoms with E-state index in [2.05, 4.69) is 5.32 Å². The second-order valence-corrected chi connectivity index (χ2v) is 14.2. The molecule has 0 spiro atoms. The number of amides is 2. The number of nitrogens with zero attached hydrogens (tertiary/aromatic N) is 2. The van der Waals surface area contributed by atoms with Crippen LogP contribution in [0, 0.1) is 5.82 Å². The number of rotatable bonds is 11. The lowest BCUT2D eigenvalue weighted by atomic mass is 10.0. The molecule has 0 heterocycles. The predicted molar refractivity (Wildman–Crippen MR) is 176 cm³/mol. The lowest BCUT2D eigenvalue weighted by Crippen LogP contribution is -2.56. The topological polar surface area (TPSA) is 86.8 Å². The van der Waals surface area contributed by atoms with E-state index in [1.165, 1.54) is 53.4 Å². The number of hydrogen-bond donors (Lipinski definition) is 1. The summed E-state index contributed by atoms with van der Waals surface area (Å²) < 4.78 is 44.0. The maximum absolute atomic E-state index is 15.0. The van der Waals surface area contributed by atoms with Crippen LogP contribution in [0.4, 0.5) is 10.1 Å². The first-order valence-electron chi connectivity index (χ1n) is 14.2. The summed E-state index contributed by atoms with van der Waals surface area (Å²) in [6.07, 6.45) is 0.0984. The van der Waals surface area contributed by atoms with Gasteiger partial charge in [0.25, 0.3) is 10.0 Å². The van der Waals surface area contributed by atoms with Crippen molar-refractivity contribution in [2.75, 3.05) is 10.8 Å². The van der Waals surface area contributed by atoms with Crippen LogP contribution in [0.2, 0.25) is 10.0 Å². The molecule has 1 atom stereocenters. The molecule has 0 aliphatic rings. The Kier molecular flexibility index (Phi) is 10.9. The van der Waals surface area contributed by atoms with Gasteiger partial charge in [0, 0.05) is 24.1 Å². The van der Waals surface area contributed by atoms with Gasteiger partial charge in [-0.05, 0) is 62.7 Å². The number of sulfonamides is 1. The minimum atomic E-state index is -4.32. The first-order chi connectivity index (χ1) is 21.3. The average molecular weight is 671 g/mol. The van der Waals surface area contributed by atoms with E-state index < -0.39 is 45.8 Å². The van der Waals surface area contributed by atoms with Crippen LogP contribution in [0.15, 0.2) is 108 Å². The van der Waals surface area contributed by atoms with Crippen molar-refractivity contribution in [1.82, 2.24) is 10.2 Å². The van der Waals surface area contributed by atoms with Crippen LogP contribution in [-0.2, 0) is 32.6 Å². The van der Waals surface area contributed by atoms with E-state index in [-0.39, 0.29) is 39.2 Å². The summed E-state index contributed by atoms with van der Waals surface area (Å²) >= 11 is 12.4. The highest BCUT2D eigenvalue weighted by Gasteiger charge is 2.36. The fourth-order valence-electron chi connectivity index (χ4n) is 4.71. The van der Waals surface area contributed by atoms with Crippen molar-refractivity contribution in [3.8, 4) is 0 Å². The zero-order valence-corrected chi connectivity index (χ0v) is 27.4. The molecule has 0 aliphatic heterocycles. The average Bonchev–Trinajstić information content (AvgIpc) is 3.00. The van der Waals surface area contributed by atoms with Crippen molar-refractivity contribution in [2.45, 2.75) is 50.2 Å². The molecule has 0 bridgehead atoms. The van der Waals surface area contributed by atoms with Gasteiger partial charge in [-0.15, -0.1) is 0 Å². The Morgan fingerprint density at radius 3 is 2.04 bits per heavy atom. The summed E-state index contributed by atoms with van der Waals surface area (Å²) in [5.74, 6) is -1.76. The zero-order valence-electron chi connectivity index (χ0n) is 25.1. The third kappa shape index (κ3) is 8.84. The van der Waals surface area contributed by atoms with Gasteiger partial charge in [0.05, 0.1) is 20.6 Å². The SMILES string of the molecule is CC(C)(C)NC(=O)[C@H](Cc1ccccc1)N(Cc1ccccc1F)C(=O)CN(c1ccc(Cl)c(Cl)c1)S(=O)(=O)c1ccccc1. The van der Waals surface area contributed by atoms with Crippen LogP contribution >= 0.6 is 23.2 Å². The molecular formula is C34H34Cl2FN3O4S. The minimum absolute atomic E-state index is 0.0594. The zero-order chi connectivity index (χ0) is 32.8. The van der Waals surface area contributed by atoms with Crippen molar-refractivity contribution in [2.24, 2.45) is 0 Å². The van der Waals surface area contributed by atoms with Crippen molar-refractivity contribution < 1.29 is 22.4 Å². The Morgan fingerprint density at radius 2 is 1.44 bits per heavy atom. The molecule has 1 N–H and O–H groups in total. The highest BCUT2D eigenvalue weighted by Crippen LogP contribution is 2.31. The molecule has 4 aromatic rings. The molecule has 11 heteroatoms. The molecule has 45 heavy (non-hydrogen) atoms. The molecule has 236 valence electrons. The molecule has 0 aromatic heterocycles. The first-order valence-corrected chi connectivity index (χ1v) is 16.4. The molecule has 2 amide bonds. The fraction of sp³-hybridized carbons (Fsp3) is 0.235. The van der Waals surface area contributed by atoms with Gasteiger partial charge in [0.15, 0.2) is 0 Å². The Hall–Kier alpha value is -3.92. The second kappa shape index (κ2) is 14.5. The van der Waals surface area contributed by atoms with E-state index in [1.54, 1.807) is 24.3 Å². The van der Waals surface area contributed by atoms with Crippen LogP contribution < -0.4 is 9.62 Å². The molecule has 0 unspecified atom stereocenters. The number of carbonyl (C=O) groups excluding carboxylic acids is 2. The Balaban J connectivity index is 1.84. The third-order valence-electron chi connectivity index (χ3n) is 6.87. The van der Waals surface area contributed by atoms with E-state index >= 15 is 4.39 Å². The predicted octanol–water partition coefficient (Wildman–Crippen LogP) is 6.88. The Bertz CT molecular complexity index is 1750. The number of carbonyl (C=O) groups is 2. The minimum Gasteiger partial charge on any atom is -0.350 e. The monoisotopic (exact) mass is 669 g/mol. The standard InChI is InChI=1S/C34H34Cl2FN3O4S/c1-34(2,3)38-33(42)31(20-24-12-6-4-7-13-24)39(22-25-14-10-11-17-30(25)37)32(41)23-40(26-18-19-28(35)29(36)21-26)45(43,44)27-15-8-5-9-16-27/h4-19,21,31H,20,22-23H2,1-3H3,(H,38,42)/t31-/m0/s1. The molecule has 4 aromatic carbocycles. The lowest BCUT2D eigenvalue weighted by molar-refractivity contribution is -0.140. The summed E-state index contributed by atoms with van der Waals surface area (Å²) in [6.45, 7) is 4.43. The van der Waals surface area contributed by atoms with Crippen LogP contribution in [0.5, 0.6) is 0 Å². The fourth-order valence-corrected chi connectivity index (χ4v) is 6.42. The van der Waals surface area contributed by atoms with Crippen LogP contribution in [0.25, 0.3) is 0 Å². The number of halogens is 3. The second-order valence-electron chi connectivity index (χ2n) is 11.5. The van der Waals surface area contributed by atoms with Gasteiger partial charge in [-0.2, -0.15) is 0 Å². The summed E-state index contributed by atoms with van der Waals surface area (Å²) in [5, 5.41) is 3.23. The largest absolute Gasteiger partial charge is 0.350 e. The van der Waals surface area contributed by atoms with Gasteiger partial charge in [-0.25, -0.2) is 12.8 Å². The van der Waals surface area contributed by atoms with Gasteiger partial charge in [0.1, 0.15) is 18.4 Å². The quantitative estimate of drug-likeness (QED) is 0.189. The van der Waals surface area contributed by atoms with Crippen LogP contribution in [0.3, 0.4) is 0 Å².